The van der Waals surface area contributed by atoms with Crippen molar-refractivity contribution in [3.8, 4) is 0 Å². The molecule has 0 aliphatic carbocycles. The number of nitrogens with zero attached hydrogens (tertiary/aromatic N) is 2. The molecular formula is C11H19N3S. The van der Waals surface area contributed by atoms with Crippen LogP contribution in [0.15, 0.2) is 6.20 Å². The Balaban J connectivity index is 1.87. The van der Waals surface area contributed by atoms with Crippen LogP contribution in [-0.4, -0.2) is 36.1 Å². The Labute approximate surface area is 95.5 Å². The van der Waals surface area contributed by atoms with Gasteiger partial charge in [0.2, 0.25) is 0 Å². The van der Waals surface area contributed by atoms with Crippen LogP contribution < -0.4 is 5.32 Å². The van der Waals surface area contributed by atoms with Crippen LogP contribution in [-0.2, 0) is 13.0 Å². The van der Waals surface area contributed by atoms with Gasteiger partial charge in [0.1, 0.15) is 5.01 Å². The fourth-order valence-corrected chi connectivity index (χ4v) is 2.89. The monoisotopic (exact) mass is 225 g/mol. The zero-order valence-corrected chi connectivity index (χ0v) is 10.3. The van der Waals surface area contributed by atoms with Gasteiger partial charge >= 0.3 is 0 Å². The van der Waals surface area contributed by atoms with Gasteiger partial charge in [0.15, 0.2) is 0 Å². The molecule has 0 spiro atoms. The van der Waals surface area contributed by atoms with Gasteiger partial charge in [0, 0.05) is 30.2 Å². The first-order chi connectivity index (χ1) is 7.31. The number of thiazole rings is 1. The van der Waals surface area contributed by atoms with Gasteiger partial charge in [0.25, 0.3) is 0 Å². The van der Waals surface area contributed by atoms with Crippen molar-refractivity contribution in [3.05, 3.63) is 16.1 Å². The van der Waals surface area contributed by atoms with Crippen molar-refractivity contribution >= 4 is 11.3 Å². The fraction of sp³-hybridized carbons (Fsp3) is 0.727. The highest BCUT2D eigenvalue weighted by molar-refractivity contribution is 7.11. The molecule has 1 unspecified atom stereocenters. The average molecular weight is 225 g/mol. The predicted molar refractivity (Wildman–Crippen MR) is 64.2 cm³/mol. The van der Waals surface area contributed by atoms with Crippen LogP contribution in [0.3, 0.4) is 0 Å². The first-order valence-electron chi connectivity index (χ1n) is 5.65. The number of nitrogens with one attached hydrogen (secondary N) is 1. The Hall–Kier alpha value is -0.450. The third-order valence-electron chi connectivity index (χ3n) is 2.99. The van der Waals surface area contributed by atoms with E-state index in [9.17, 15) is 0 Å². The van der Waals surface area contributed by atoms with Crippen molar-refractivity contribution in [1.29, 1.82) is 0 Å². The maximum absolute atomic E-state index is 4.46. The third-order valence-corrected chi connectivity index (χ3v) is 4.12. The van der Waals surface area contributed by atoms with Gasteiger partial charge in [-0.15, -0.1) is 11.3 Å². The van der Waals surface area contributed by atoms with Crippen LogP contribution in [0.1, 0.15) is 23.2 Å². The van der Waals surface area contributed by atoms with Gasteiger partial charge in [-0.25, -0.2) is 4.98 Å². The van der Waals surface area contributed by atoms with Gasteiger partial charge in [-0.2, -0.15) is 0 Å². The van der Waals surface area contributed by atoms with Gasteiger partial charge in [-0.1, -0.05) is 6.92 Å². The first-order valence-corrected chi connectivity index (χ1v) is 6.46. The molecule has 1 aromatic heterocycles. The summed E-state index contributed by atoms with van der Waals surface area (Å²) in [6, 6.07) is 0.676. The van der Waals surface area contributed by atoms with Gasteiger partial charge in [-0.05, 0) is 19.9 Å². The second kappa shape index (κ2) is 5.05. The standard InChI is InChI=1S/C11H19N3S/c1-3-10-6-13-11(15-10)8-14-5-4-9(7-14)12-2/h6,9,12H,3-5,7-8H2,1-2H3. The lowest BCUT2D eigenvalue weighted by molar-refractivity contribution is 0.322. The molecule has 1 atom stereocenters. The van der Waals surface area contributed by atoms with E-state index in [2.05, 4.69) is 22.1 Å². The Morgan fingerprint density at radius 2 is 2.53 bits per heavy atom. The summed E-state index contributed by atoms with van der Waals surface area (Å²) < 4.78 is 0. The van der Waals surface area contributed by atoms with Gasteiger partial charge in [-0.3, -0.25) is 4.90 Å². The average Bonchev–Trinajstić information content (AvgIpc) is 2.87. The van der Waals surface area contributed by atoms with Crippen LogP contribution >= 0.6 is 11.3 Å². The fourth-order valence-electron chi connectivity index (χ4n) is 1.99. The Morgan fingerprint density at radius 1 is 1.67 bits per heavy atom. The summed E-state index contributed by atoms with van der Waals surface area (Å²) in [6.07, 6.45) is 4.39. The molecule has 1 fully saturated rings. The largest absolute Gasteiger partial charge is 0.316 e. The third kappa shape index (κ3) is 2.77. The molecule has 2 rings (SSSR count). The molecule has 2 heterocycles. The van der Waals surface area contributed by atoms with Crippen molar-refractivity contribution in [2.45, 2.75) is 32.4 Å². The van der Waals surface area contributed by atoms with E-state index in [4.69, 9.17) is 0 Å². The molecule has 0 aromatic carbocycles. The number of hydrogen-bond donors (Lipinski definition) is 1. The lowest BCUT2D eigenvalue weighted by Crippen LogP contribution is -2.29. The van der Waals surface area contributed by atoms with Crippen LogP contribution in [0.2, 0.25) is 0 Å². The molecule has 84 valence electrons. The highest BCUT2D eigenvalue weighted by atomic mass is 32.1. The summed E-state index contributed by atoms with van der Waals surface area (Å²) >= 11 is 1.86. The summed E-state index contributed by atoms with van der Waals surface area (Å²) in [5, 5.41) is 4.60. The van der Waals surface area contributed by atoms with Crippen LogP contribution in [0.5, 0.6) is 0 Å². The molecule has 4 heteroatoms. The number of likely N-dealkylation sites (tertiary alicyclic amines) is 1. The van der Waals surface area contributed by atoms with Crippen LogP contribution in [0, 0.1) is 0 Å². The molecule has 1 aliphatic heterocycles. The highest BCUT2D eigenvalue weighted by Gasteiger charge is 2.21. The zero-order valence-electron chi connectivity index (χ0n) is 9.49. The van der Waals surface area contributed by atoms with E-state index in [1.807, 2.05) is 24.6 Å². The first kappa shape index (κ1) is 11.0. The van der Waals surface area contributed by atoms with E-state index in [0.717, 1.165) is 19.5 Å². The normalized spacial score (nSPS) is 22.4. The quantitative estimate of drug-likeness (QED) is 0.841. The number of likely N-dealkylation sites (N-methyl/N-ethyl adjacent to an activating group) is 1. The molecule has 0 amide bonds. The molecule has 1 aliphatic rings. The van der Waals surface area contributed by atoms with Gasteiger partial charge < -0.3 is 5.32 Å². The molecule has 3 nitrogen and oxygen atoms in total. The molecular weight excluding hydrogens is 206 g/mol. The van der Waals surface area contributed by atoms with Crippen molar-refractivity contribution < 1.29 is 0 Å². The lowest BCUT2D eigenvalue weighted by Gasteiger charge is -2.13. The lowest BCUT2D eigenvalue weighted by atomic mass is 10.3. The molecule has 1 saturated heterocycles. The summed E-state index contributed by atoms with van der Waals surface area (Å²) in [5.74, 6) is 0. The van der Waals surface area contributed by atoms with Crippen LogP contribution in [0.25, 0.3) is 0 Å². The Bertz CT molecular complexity index is 311. The van der Waals surface area contributed by atoms with E-state index >= 15 is 0 Å². The molecule has 0 radical (unpaired) electrons. The molecule has 1 N–H and O–H groups in total. The minimum Gasteiger partial charge on any atom is -0.316 e. The molecule has 0 bridgehead atoms. The zero-order chi connectivity index (χ0) is 10.7. The van der Waals surface area contributed by atoms with Crippen molar-refractivity contribution in [2.24, 2.45) is 0 Å². The number of hydrogen-bond acceptors (Lipinski definition) is 4. The predicted octanol–water partition coefficient (Wildman–Crippen LogP) is 1.50. The van der Waals surface area contributed by atoms with E-state index < -0.39 is 0 Å². The summed E-state index contributed by atoms with van der Waals surface area (Å²) in [7, 11) is 2.05. The van der Waals surface area contributed by atoms with E-state index in [1.54, 1.807) is 0 Å². The maximum Gasteiger partial charge on any atom is 0.107 e. The van der Waals surface area contributed by atoms with Crippen molar-refractivity contribution in [1.82, 2.24) is 15.2 Å². The number of rotatable bonds is 4. The maximum atomic E-state index is 4.46. The second-order valence-electron chi connectivity index (χ2n) is 4.08. The molecule has 0 saturated carbocycles. The highest BCUT2D eigenvalue weighted by Crippen LogP contribution is 2.18. The van der Waals surface area contributed by atoms with Gasteiger partial charge in [0.05, 0.1) is 6.54 Å². The Morgan fingerprint density at radius 3 is 3.13 bits per heavy atom. The second-order valence-corrected chi connectivity index (χ2v) is 5.28. The van der Waals surface area contributed by atoms with Crippen LogP contribution in [0.4, 0.5) is 0 Å². The molecule has 15 heavy (non-hydrogen) atoms. The topological polar surface area (TPSA) is 28.2 Å². The Kier molecular flexibility index (Phi) is 3.72. The van der Waals surface area contributed by atoms with Crippen molar-refractivity contribution in [3.63, 3.8) is 0 Å². The van der Waals surface area contributed by atoms with E-state index in [0.29, 0.717) is 6.04 Å². The summed E-state index contributed by atoms with van der Waals surface area (Å²) in [5.41, 5.74) is 0. The van der Waals surface area contributed by atoms with E-state index in [1.165, 1.54) is 22.9 Å². The minimum absolute atomic E-state index is 0.676. The number of aryl methyl sites for hydroxylation is 1. The summed E-state index contributed by atoms with van der Waals surface area (Å²) in [6.45, 7) is 5.58. The molecule has 1 aromatic rings. The van der Waals surface area contributed by atoms with Crippen molar-refractivity contribution in [2.75, 3.05) is 20.1 Å². The SMILES string of the molecule is CCc1cnc(CN2CCC(NC)C2)s1. The number of aromatic nitrogens is 1. The smallest absolute Gasteiger partial charge is 0.107 e. The summed E-state index contributed by atoms with van der Waals surface area (Å²) in [4.78, 5) is 8.34. The minimum atomic E-state index is 0.676. The van der Waals surface area contributed by atoms with E-state index in [-0.39, 0.29) is 0 Å².